The Kier molecular flexibility index (Phi) is 10.4. The van der Waals surface area contributed by atoms with Crippen molar-refractivity contribution in [3.8, 4) is 11.5 Å². The highest BCUT2D eigenvalue weighted by Gasteiger charge is 2.12. The van der Waals surface area contributed by atoms with Crippen molar-refractivity contribution in [2.75, 3.05) is 20.3 Å². The second-order valence-corrected chi connectivity index (χ2v) is 10.2. The molecule has 1 N–H and O–H groups in total. The Morgan fingerprint density at radius 1 is 0.975 bits per heavy atom. The van der Waals surface area contributed by atoms with Gasteiger partial charge in [-0.25, -0.2) is 4.98 Å². The monoisotopic (exact) mass is 539 g/mol. The van der Waals surface area contributed by atoms with Crippen LogP contribution in [-0.2, 0) is 13.0 Å². The summed E-state index contributed by atoms with van der Waals surface area (Å²) >= 11 is 0. The third-order valence-electron chi connectivity index (χ3n) is 7.05. The minimum atomic E-state index is 0.00729. The van der Waals surface area contributed by atoms with Gasteiger partial charge in [-0.3, -0.25) is 4.79 Å². The number of para-hydroxylation sites is 2. The number of nitrogens with zero attached hydrogens (tertiary/aromatic N) is 2. The van der Waals surface area contributed by atoms with Crippen molar-refractivity contribution >= 4 is 23.0 Å². The molecule has 1 heterocycles. The summed E-state index contributed by atoms with van der Waals surface area (Å²) in [5.41, 5.74) is 6.22. The molecular formula is C34H41N3O3. The third-order valence-corrected chi connectivity index (χ3v) is 7.05. The van der Waals surface area contributed by atoms with Crippen molar-refractivity contribution < 1.29 is 14.3 Å². The molecule has 0 fully saturated rings. The van der Waals surface area contributed by atoms with Crippen LogP contribution in [-0.4, -0.2) is 35.7 Å². The van der Waals surface area contributed by atoms with E-state index >= 15 is 0 Å². The Hall–Kier alpha value is -4.06. The number of rotatable bonds is 14. The number of hydrogen-bond donors (Lipinski definition) is 1. The van der Waals surface area contributed by atoms with Gasteiger partial charge in [0.2, 0.25) is 0 Å². The van der Waals surface area contributed by atoms with E-state index in [4.69, 9.17) is 14.5 Å². The maximum Gasteiger partial charge on any atom is 0.251 e. The number of ether oxygens (including phenoxy) is 2. The molecular weight excluding hydrogens is 498 g/mol. The SMILES string of the molecule is C/C=C/c1ccc(OCCCn2c(CCCCCNC(=O)c3ccc(C)cc3C)nc3ccccc32)c(OC)c1. The van der Waals surface area contributed by atoms with Crippen LogP contribution in [0.3, 0.4) is 0 Å². The summed E-state index contributed by atoms with van der Waals surface area (Å²) in [5.74, 6) is 2.62. The summed E-state index contributed by atoms with van der Waals surface area (Å²) in [6.45, 7) is 8.13. The zero-order valence-electron chi connectivity index (χ0n) is 24.2. The van der Waals surface area contributed by atoms with Gasteiger partial charge < -0.3 is 19.4 Å². The molecule has 0 aliphatic rings. The van der Waals surface area contributed by atoms with Gasteiger partial charge in [0.05, 0.1) is 24.8 Å². The van der Waals surface area contributed by atoms with E-state index in [-0.39, 0.29) is 5.91 Å². The van der Waals surface area contributed by atoms with Crippen LogP contribution in [0.25, 0.3) is 17.1 Å². The first kappa shape index (κ1) is 28.9. The van der Waals surface area contributed by atoms with E-state index in [1.807, 2.05) is 75.4 Å². The molecule has 0 atom stereocenters. The minimum absolute atomic E-state index is 0.00729. The highest BCUT2D eigenvalue weighted by molar-refractivity contribution is 5.95. The molecule has 210 valence electrons. The lowest BCUT2D eigenvalue weighted by molar-refractivity contribution is 0.0952. The fourth-order valence-electron chi connectivity index (χ4n) is 5.02. The first-order chi connectivity index (χ1) is 19.5. The number of aryl methyl sites for hydroxylation is 4. The largest absolute Gasteiger partial charge is 0.493 e. The van der Waals surface area contributed by atoms with Gasteiger partial charge in [0.1, 0.15) is 5.82 Å². The van der Waals surface area contributed by atoms with Gasteiger partial charge in [-0.2, -0.15) is 0 Å². The van der Waals surface area contributed by atoms with Crippen LogP contribution in [0.4, 0.5) is 0 Å². The summed E-state index contributed by atoms with van der Waals surface area (Å²) < 4.78 is 13.9. The minimum Gasteiger partial charge on any atom is -0.493 e. The molecule has 1 aromatic heterocycles. The summed E-state index contributed by atoms with van der Waals surface area (Å²) in [7, 11) is 1.67. The van der Waals surface area contributed by atoms with Crippen LogP contribution in [0.5, 0.6) is 11.5 Å². The van der Waals surface area contributed by atoms with Crippen LogP contribution >= 0.6 is 0 Å². The smallest absolute Gasteiger partial charge is 0.251 e. The number of nitrogens with one attached hydrogen (secondary N) is 1. The molecule has 6 heteroatoms. The van der Waals surface area contributed by atoms with E-state index in [1.165, 1.54) is 5.56 Å². The van der Waals surface area contributed by atoms with E-state index in [0.29, 0.717) is 13.2 Å². The molecule has 0 saturated carbocycles. The molecule has 0 unspecified atom stereocenters. The topological polar surface area (TPSA) is 65.4 Å². The Balaban J connectivity index is 1.27. The Bertz CT molecular complexity index is 1450. The number of aromatic nitrogens is 2. The maximum atomic E-state index is 12.5. The number of methoxy groups -OCH3 is 1. The molecule has 40 heavy (non-hydrogen) atoms. The van der Waals surface area contributed by atoms with Crippen LogP contribution in [0, 0.1) is 13.8 Å². The van der Waals surface area contributed by atoms with Gasteiger partial charge in [0.15, 0.2) is 11.5 Å². The number of fused-ring (bicyclic) bond motifs is 1. The second kappa shape index (κ2) is 14.4. The van der Waals surface area contributed by atoms with Crippen LogP contribution in [0.15, 0.2) is 66.7 Å². The number of carbonyl (C=O) groups excluding carboxylic acids is 1. The first-order valence-corrected chi connectivity index (χ1v) is 14.2. The summed E-state index contributed by atoms with van der Waals surface area (Å²) in [6.07, 6.45) is 8.81. The standard InChI is InChI=1S/C34H41N3O3/c1-5-12-27-17-19-31(32(24-27)39-4)40-22-11-21-37-30-14-9-8-13-29(30)36-33(37)15-7-6-10-20-35-34(38)28-18-16-25(2)23-26(28)3/h5,8-9,12-14,16-19,23-24H,6-7,10-11,15,20-22H2,1-4H3,(H,35,38)/b12-5+. The Labute approximate surface area is 238 Å². The van der Waals surface area contributed by atoms with Crippen LogP contribution in [0.2, 0.25) is 0 Å². The van der Waals surface area contributed by atoms with E-state index < -0.39 is 0 Å². The summed E-state index contributed by atoms with van der Waals surface area (Å²) in [6, 6.07) is 20.3. The normalized spacial score (nSPS) is 11.3. The number of allylic oxidation sites excluding steroid dienone is 1. The van der Waals surface area contributed by atoms with Gasteiger partial charge in [0, 0.05) is 25.1 Å². The summed E-state index contributed by atoms with van der Waals surface area (Å²) in [5, 5.41) is 3.07. The molecule has 4 rings (SSSR count). The molecule has 0 saturated heterocycles. The first-order valence-electron chi connectivity index (χ1n) is 14.2. The highest BCUT2D eigenvalue weighted by atomic mass is 16.5. The molecule has 6 nitrogen and oxygen atoms in total. The maximum absolute atomic E-state index is 12.5. The number of carbonyl (C=O) groups is 1. The van der Waals surface area contributed by atoms with Gasteiger partial charge in [-0.1, -0.05) is 54.5 Å². The fraction of sp³-hybridized carbons (Fsp3) is 0.353. The average Bonchev–Trinajstić information content (AvgIpc) is 3.30. The van der Waals surface area contributed by atoms with E-state index in [2.05, 4.69) is 28.1 Å². The van der Waals surface area contributed by atoms with Gasteiger partial charge >= 0.3 is 0 Å². The third kappa shape index (κ3) is 7.53. The number of unbranched alkanes of at least 4 members (excludes halogenated alkanes) is 2. The van der Waals surface area contributed by atoms with E-state index in [1.54, 1.807) is 7.11 Å². The highest BCUT2D eigenvalue weighted by Crippen LogP contribution is 2.29. The quantitative estimate of drug-likeness (QED) is 0.171. The Morgan fingerprint density at radius 2 is 1.82 bits per heavy atom. The lowest BCUT2D eigenvalue weighted by Crippen LogP contribution is -2.25. The fourth-order valence-corrected chi connectivity index (χ4v) is 5.02. The Morgan fingerprint density at radius 3 is 2.62 bits per heavy atom. The van der Waals surface area contributed by atoms with Crippen molar-refractivity contribution in [3.05, 3.63) is 94.8 Å². The summed E-state index contributed by atoms with van der Waals surface area (Å²) in [4.78, 5) is 17.5. The van der Waals surface area contributed by atoms with Gasteiger partial charge in [0.25, 0.3) is 5.91 Å². The van der Waals surface area contributed by atoms with E-state index in [9.17, 15) is 4.79 Å². The van der Waals surface area contributed by atoms with Gasteiger partial charge in [-0.15, -0.1) is 0 Å². The van der Waals surface area contributed by atoms with Crippen molar-refractivity contribution in [2.24, 2.45) is 0 Å². The number of imidazole rings is 1. The zero-order valence-corrected chi connectivity index (χ0v) is 24.2. The predicted molar refractivity (Wildman–Crippen MR) is 163 cm³/mol. The molecule has 0 aliphatic carbocycles. The molecule has 1 amide bonds. The average molecular weight is 540 g/mol. The van der Waals surface area contributed by atoms with Crippen molar-refractivity contribution in [1.82, 2.24) is 14.9 Å². The molecule has 3 aromatic carbocycles. The molecule has 0 spiro atoms. The molecule has 0 bridgehead atoms. The number of hydrogen-bond acceptors (Lipinski definition) is 4. The van der Waals surface area contributed by atoms with Crippen LogP contribution in [0.1, 0.15) is 65.5 Å². The van der Waals surface area contributed by atoms with Crippen molar-refractivity contribution in [1.29, 1.82) is 0 Å². The number of benzene rings is 3. The molecule has 4 aromatic rings. The lowest BCUT2D eigenvalue weighted by Gasteiger charge is -2.13. The van der Waals surface area contributed by atoms with E-state index in [0.717, 1.165) is 83.7 Å². The molecule has 0 radical (unpaired) electrons. The molecule has 0 aliphatic heterocycles. The van der Waals surface area contributed by atoms with Gasteiger partial charge in [-0.05, 0) is 81.5 Å². The lowest BCUT2D eigenvalue weighted by atomic mass is 10.1. The number of amides is 1. The second-order valence-electron chi connectivity index (χ2n) is 10.2. The van der Waals surface area contributed by atoms with Crippen LogP contribution < -0.4 is 14.8 Å². The van der Waals surface area contributed by atoms with Crippen molar-refractivity contribution in [3.63, 3.8) is 0 Å². The predicted octanol–water partition coefficient (Wildman–Crippen LogP) is 7.31. The van der Waals surface area contributed by atoms with Crippen molar-refractivity contribution in [2.45, 2.75) is 59.4 Å². The zero-order chi connectivity index (χ0) is 28.3.